The molecule has 116 valence electrons. The van der Waals surface area contributed by atoms with Crippen molar-refractivity contribution in [3.05, 3.63) is 11.8 Å². The minimum Gasteiger partial charge on any atom is -1.00 e. The zero-order chi connectivity index (χ0) is 13.9. The maximum atomic E-state index is 2.65. The Bertz CT molecular complexity index is 370. The standard InChI is InChI=1S/C17H31N2.HI/c1-5-18(6-2)15-12-16(14-17(3,4)13-15)19-10-8-7-9-11-19;/h12H,5-11,13-14H2,1-4H3;1H/q+1;/p-1. The highest BCUT2D eigenvalue weighted by Crippen LogP contribution is 2.35. The second kappa shape index (κ2) is 7.81. The molecule has 0 aromatic carbocycles. The van der Waals surface area contributed by atoms with Crippen LogP contribution in [0, 0.1) is 5.41 Å². The molecule has 0 saturated carbocycles. The summed E-state index contributed by atoms with van der Waals surface area (Å²) in [5.74, 6) is 0. The van der Waals surface area contributed by atoms with Crippen LogP contribution in [-0.2, 0) is 0 Å². The molecule has 2 nitrogen and oxygen atoms in total. The highest BCUT2D eigenvalue weighted by molar-refractivity contribution is 5.92. The molecule has 1 fully saturated rings. The minimum absolute atomic E-state index is 0. The van der Waals surface area contributed by atoms with Gasteiger partial charge < -0.3 is 28.9 Å². The van der Waals surface area contributed by atoms with Crippen molar-refractivity contribution in [1.29, 1.82) is 0 Å². The first-order chi connectivity index (χ1) is 9.05. The van der Waals surface area contributed by atoms with E-state index in [-0.39, 0.29) is 24.0 Å². The van der Waals surface area contributed by atoms with E-state index in [1.165, 1.54) is 45.2 Å². The van der Waals surface area contributed by atoms with Crippen LogP contribution >= 0.6 is 0 Å². The Balaban J connectivity index is 0.00000200. The van der Waals surface area contributed by atoms with E-state index in [9.17, 15) is 0 Å². The molecule has 0 N–H and O–H groups in total. The predicted octanol–water partition coefficient (Wildman–Crippen LogP) is 0.674. The van der Waals surface area contributed by atoms with Gasteiger partial charge in [-0.05, 0) is 32.1 Å². The van der Waals surface area contributed by atoms with E-state index in [1.54, 1.807) is 11.4 Å². The first kappa shape index (κ1) is 18.0. The fourth-order valence-electron chi connectivity index (χ4n) is 3.55. The number of hydrogen-bond acceptors (Lipinski definition) is 1. The van der Waals surface area contributed by atoms with Crippen molar-refractivity contribution in [2.75, 3.05) is 26.2 Å². The van der Waals surface area contributed by atoms with Gasteiger partial charge >= 0.3 is 0 Å². The maximum Gasteiger partial charge on any atom is 0.178 e. The van der Waals surface area contributed by atoms with Gasteiger partial charge in [-0.2, -0.15) is 0 Å². The average molecular weight is 390 g/mol. The van der Waals surface area contributed by atoms with Gasteiger partial charge in [-0.1, -0.05) is 13.8 Å². The first-order valence-corrected chi connectivity index (χ1v) is 8.12. The van der Waals surface area contributed by atoms with Crippen molar-refractivity contribution in [3.8, 4) is 0 Å². The number of hydrogen-bond donors (Lipinski definition) is 0. The Labute approximate surface area is 142 Å². The zero-order valence-electron chi connectivity index (χ0n) is 13.7. The Hall–Kier alpha value is -0.0600. The summed E-state index contributed by atoms with van der Waals surface area (Å²) in [7, 11) is 0. The minimum atomic E-state index is 0. The lowest BCUT2D eigenvalue weighted by Gasteiger charge is -2.35. The average Bonchev–Trinajstić information content (AvgIpc) is 2.39. The van der Waals surface area contributed by atoms with Gasteiger partial charge in [-0.25, -0.2) is 4.58 Å². The van der Waals surface area contributed by atoms with Crippen LogP contribution < -0.4 is 24.0 Å². The molecule has 0 aromatic heterocycles. The lowest BCUT2D eigenvalue weighted by atomic mass is 9.78. The van der Waals surface area contributed by atoms with E-state index in [4.69, 9.17) is 0 Å². The SMILES string of the molecule is CCN(CC)C1=CC(=[N+]2CCCCC2)CC(C)(C)C1.[I-]. The molecular weight excluding hydrogens is 359 g/mol. The summed E-state index contributed by atoms with van der Waals surface area (Å²) in [5, 5.41) is 0. The molecule has 0 bridgehead atoms. The molecular formula is C17H31IN2. The Morgan fingerprint density at radius 2 is 1.65 bits per heavy atom. The summed E-state index contributed by atoms with van der Waals surface area (Å²) in [6.07, 6.45) is 9.14. The van der Waals surface area contributed by atoms with E-state index < -0.39 is 0 Å². The van der Waals surface area contributed by atoms with Gasteiger partial charge in [-0.3, -0.25) is 0 Å². The molecule has 1 heterocycles. The molecule has 0 amide bonds. The molecule has 0 aromatic rings. The molecule has 1 aliphatic heterocycles. The Kier molecular flexibility index (Phi) is 7.02. The second-order valence-electron chi connectivity index (χ2n) is 6.86. The van der Waals surface area contributed by atoms with Crippen LogP contribution in [0.3, 0.4) is 0 Å². The molecule has 0 atom stereocenters. The molecule has 1 aliphatic carbocycles. The summed E-state index contributed by atoms with van der Waals surface area (Å²) in [4.78, 5) is 2.53. The lowest BCUT2D eigenvalue weighted by Crippen LogP contribution is -3.00. The van der Waals surface area contributed by atoms with Crippen LogP contribution in [0.5, 0.6) is 0 Å². The lowest BCUT2D eigenvalue weighted by molar-refractivity contribution is -0.538. The van der Waals surface area contributed by atoms with Crippen LogP contribution in [-0.4, -0.2) is 41.4 Å². The molecule has 2 rings (SSSR count). The van der Waals surface area contributed by atoms with Crippen molar-refractivity contribution in [2.45, 2.75) is 59.8 Å². The van der Waals surface area contributed by atoms with Gasteiger partial charge in [0.1, 0.15) is 13.1 Å². The zero-order valence-corrected chi connectivity index (χ0v) is 15.9. The Morgan fingerprint density at radius 1 is 1.05 bits per heavy atom. The molecule has 0 radical (unpaired) electrons. The molecule has 2 aliphatic rings. The third-order valence-corrected chi connectivity index (χ3v) is 4.58. The quantitative estimate of drug-likeness (QED) is 0.507. The largest absolute Gasteiger partial charge is 1.00 e. The summed E-state index contributed by atoms with van der Waals surface area (Å²) in [5.41, 5.74) is 3.57. The summed E-state index contributed by atoms with van der Waals surface area (Å²) >= 11 is 0. The van der Waals surface area contributed by atoms with E-state index in [0.29, 0.717) is 5.41 Å². The highest BCUT2D eigenvalue weighted by atomic mass is 127. The van der Waals surface area contributed by atoms with Crippen molar-refractivity contribution >= 4 is 5.71 Å². The fraction of sp³-hybridized carbons (Fsp3) is 0.824. The van der Waals surface area contributed by atoms with Crippen LogP contribution in [0.2, 0.25) is 0 Å². The van der Waals surface area contributed by atoms with Crippen LogP contribution in [0.1, 0.15) is 59.8 Å². The molecule has 3 heteroatoms. The van der Waals surface area contributed by atoms with E-state index in [2.05, 4.69) is 43.2 Å². The summed E-state index contributed by atoms with van der Waals surface area (Å²) < 4.78 is 2.65. The third kappa shape index (κ3) is 4.47. The van der Waals surface area contributed by atoms with Crippen LogP contribution in [0.25, 0.3) is 0 Å². The van der Waals surface area contributed by atoms with Crippen molar-refractivity contribution in [2.24, 2.45) is 5.41 Å². The van der Waals surface area contributed by atoms with E-state index >= 15 is 0 Å². The molecule has 0 spiro atoms. The smallest absolute Gasteiger partial charge is 0.178 e. The second-order valence-corrected chi connectivity index (χ2v) is 6.86. The number of rotatable bonds is 3. The van der Waals surface area contributed by atoms with Crippen LogP contribution in [0.15, 0.2) is 11.8 Å². The van der Waals surface area contributed by atoms with Crippen LogP contribution in [0.4, 0.5) is 0 Å². The topological polar surface area (TPSA) is 6.25 Å². The van der Waals surface area contributed by atoms with Gasteiger partial charge in [0, 0.05) is 44.1 Å². The van der Waals surface area contributed by atoms with Crippen molar-refractivity contribution in [3.63, 3.8) is 0 Å². The van der Waals surface area contributed by atoms with E-state index in [0.717, 1.165) is 13.1 Å². The van der Waals surface area contributed by atoms with Gasteiger partial charge in [0.05, 0.1) is 0 Å². The summed E-state index contributed by atoms with van der Waals surface area (Å²) in [6, 6.07) is 0. The normalized spacial score (nSPS) is 22.1. The predicted molar refractivity (Wildman–Crippen MR) is 82.9 cm³/mol. The number of nitrogens with zero attached hydrogens (tertiary/aromatic N) is 2. The summed E-state index contributed by atoms with van der Waals surface area (Å²) in [6.45, 7) is 14.2. The van der Waals surface area contributed by atoms with E-state index in [1.807, 2.05) is 0 Å². The highest BCUT2D eigenvalue weighted by Gasteiger charge is 2.32. The third-order valence-electron chi connectivity index (χ3n) is 4.58. The van der Waals surface area contributed by atoms with Gasteiger partial charge in [0.2, 0.25) is 0 Å². The number of piperidine rings is 1. The van der Waals surface area contributed by atoms with Gasteiger partial charge in [-0.15, -0.1) is 0 Å². The number of allylic oxidation sites excluding steroid dienone is 2. The molecule has 0 unspecified atom stereocenters. The monoisotopic (exact) mass is 390 g/mol. The van der Waals surface area contributed by atoms with Crippen molar-refractivity contribution in [1.82, 2.24) is 4.90 Å². The van der Waals surface area contributed by atoms with Gasteiger partial charge in [0.25, 0.3) is 0 Å². The van der Waals surface area contributed by atoms with Gasteiger partial charge in [0.15, 0.2) is 5.71 Å². The molecule has 20 heavy (non-hydrogen) atoms. The Morgan fingerprint density at radius 3 is 2.20 bits per heavy atom. The first-order valence-electron chi connectivity index (χ1n) is 8.12. The number of halogens is 1. The van der Waals surface area contributed by atoms with Crippen molar-refractivity contribution < 1.29 is 28.6 Å². The maximum absolute atomic E-state index is 2.65. The molecule has 1 saturated heterocycles. The fourth-order valence-corrected chi connectivity index (χ4v) is 3.55.